The van der Waals surface area contributed by atoms with Gasteiger partial charge >= 0.3 is 11.9 Å². The molecule has 0 spiro atoms. The molecular formula is C10H13N3O5. The highest BCUT2D eigenvalue weighted by Crippen LogP contribution is 1.95. The van der Waals surface area contributed by atoms with E-state index in [0.717, 1.165) is 4.68 Å². The number of nitrogens with zero attached hydrogens (tertiary/aromatic N) is 2. The first-order valence-corrected chi connectivity index (χ1v) is 5.22. The van der Waals surface area contributed by atoms with Gasteiger partial charge in [-0.25, -0.2) is 0 Å². The molecule has 0 bridgehead atoms. The molecule has 0 radical (unpaired) electrons. The van der Waals surface area contributed by atoms with Gasteiger partial charge in [0.05, 0.1) is 6.61 Å². The molecule has 0 unspecified atom stereocenters. The molecular weight excluding hydrogens is 242 g/mol. The lowest BCUT2D eigenvalue weighted by molar-refractivity contribution is -0.142. The summed E-state index contributed by atoms with van der Waals surface area (Å²) in [5.41, 5.74) is 0.0422. The second kappa shape index (κ2) is 6.38. The zero-order valence-corrected chi connectivity index (χ0v) is 9.75. The Balaban J connectivity index is 2.49. The number of aromatic nitrogens is 2. The Labute approximate surface area is 103 Å². The molecule has 1 amide bonds. The first kappa shape index (κ1) is 13.7. The van der Waals surface area contributed by atoms with E-state index in [1.165, 1.54) is 12.3 Å². The molecule has 1 aromatic heterocycles. The van der Waals surface area contributed by atoms with Crippen LogP contribution in [-0.4, -0.2) is 45.9 Å². The van der Waals surface area contributed by atoms with Gasteiger partial charge in [0.2, 0.25) is 0 Å². The van der Waals surface area contributed by atoms with Crippen LogP contribution in [0.1, 0.15) is 17.4 Å². The van der Waals surface area contributed by atoms with Crippen LogP contribution < -0.4 is 5.32 Å². The Morgan fingerprint density at radius 2 is 2.22 bits per heavy atom. The Kier molecular flexibility index (Phi) is 4.85. The van der Waals surface area contributed by atoms with Gasteiger partial charge in [-0.1, -0.05) is 0 Å². The van der Waals surface area contributed by atoms with Crippen molar-refractivity contribution in [3.63, 3.8) is 0 Å². The van der Waals surface area contributed by atoms with Crippen LogP contribution in [-0.2, 0) is 20.9 Å². The SMILES string of the molecule is CCOC(=O)CNC(=O)c1ccn(CC(=O)O)n1. The Bertz CT molecular complexity index is 454. The van der Waals surface area contributed by atoms with Crippen molar-refractivity contribution in [2.45, 2.75) is 13.5 Å². The summed E-state index contributed by atoms with van der Waals surface area (Å²) >= 11 is 0. The lowest BCUT2D eigenvalue weighted by atomic mass is 10.4. The molecule has 0 saturated carbocycles. The topological polar surface area (TPSA) is 111 Å². The number of esters is 1. The van der Waals surface area contributed by atoms with Crippen LogP contribution in [0.5, 0.6) is 0 Å². The van der Waals surface area contributed by atoms with E-state index in [4.69, 9.17) is 5.11 Å². The van der Waals surface area contributed by atoms with Gasteiger partial charge in [-0.3, -0.25) is 19.1 Å². The molecule has 8 heteroatoms. The molecule has 0 saturated heterocycles. The largest absolute Gasteiger partial charge is 0.480 e. The second-order valence-electron chi connectivity index (χ2n) is 3.28. The van der Waals surface area contributed by atoms with Gasteiger partial charge in [-0.15, -0.1) is 0 Å². The van der Waals surface area contributed by atoms with E-state index in [-0.39, 0.29) is 25.4 Å². The van der Waals surface area contributed by atoms with Crippen molar-refractivity contribution in [3.05, 3.63) is 18.0 Å². The molecule has 1 heterocycles. The molecule has 0 atom stereocenters. The molecule has 98 valence electrons. The van der Waals surface area contributed by atoms with Gasteiger partial charge in [0.25, 0.3) is 5.91 Å². The fourth-order valence-electron chi connectivity index (χ4n) is 1.16. The molecule has 18 heavy (non-hydrogen) atoms. The summed E-state index contributed by atoms with van der Waals surface area (Å²) in [6.07, 6.45) is 1.37. The monoisotopic (exact) mass is 255 g/mol. The Morgan fingerprint density at radius 1 is 1.50 bits per heavy atom. The number of carbonyl (C=O) groups is 3. The van der Waals surface area contributed by atoms with Crippen LogP contribution in [0.25, 0.3) is 0 Å². The predicted molar refractivity (Wildman–Crippen MR) is 58.8 cm³/mol. The molecule has 0 aliphatic heterocycles. The summed E-state index contributed by atoms with van der Waals surface area (Å²) in [7, 11) is 0. The van der Waals surface area contributed by atoms with E-state index < -0.39 is 17.8 Å². The quantitative estimate of drug-likeness (QED) is 0.648. The molecule has 2 N–H and O–H groups in total. The number of nitrogens with one attached hydrogen (secondary N) is 1. The summed E-state index contributed by atoms with van der Waals surface area (Å²) < 4.78 is 5.74. The van der Waals surface area contributed by atoms with Crippen molar-refractivity contribution >= 4 is 17.8 Å². The van der Waals surface area contributed by atoms with Gasteiger partial charge in [0.15, 0.2) is 0 Å². The van der Waals surface area contributed by atoms with Crippen LogP contribution in [0, 0.1) is 0 Å². The summed E-state index contributed by atoms with van der Waals surface area (Å²) in [6, 6.07) is 1.36. The maximum absolute atomic E-state index is 11.5. The van der Waals surface area contributed by atoms with Crippen molar-refractivity contribution in [2.24, 2.45) is 0 Å². The van der Waals surface area contributed by atoms with Crippen molar-refractivity contribution in [1.29, 1.82) is 0 Å². The summed E-state index contributed by atoms with van der Waals surface area (Å²) in [5, 5.41) is 14.6. The Morgan fingerprint density at radius 3 is 2.83 bits per heavy atom. The van der Waals surface area contributed by atoms with Crippen molar-refractivity contribution in [1.82, 2.24) is 15.1 Å². The molecule has 1 rings (SSSR count). The van der Waals surface area contributed by atoms with Crippen LogP contribution in [0.2, 0.25) is 0 Å². The third-order valence-electron chi connectivity index (χ3n) is 1.87. The number of hydrogen-bond acceptors (Lipinski definition) is 5. The smallest absolute Gasteiger partial charge is 0.325 e. The number of carbonyl (C=O) groups excluding carboxylic acids is 2. The number of carboxylic acid groups (broad SMARTS) is 1. The van der Waals surface area contributed by atoms with Gasteiger partial charge in [-0.2, -0.15) is 5.10 Å². The number of rotatable bonds is 6. The lowest BCUT2D eigenvalue weighted by Crippen LogP contribution is -2.31. The number of ether oxygens (including phenoxy) is 1. The third kappa shape index (κ3) is 4.24. The number of carboxylic acids is 1. The Hall–Kier alpha value is -2.38. The summed E-state index contributed by atoms with van der Waals surface area (Å²) in [4.78, 5) is 32.9. The van der Waals surface area contributed by atoms with E-state index >= 15 is 0 Å². The average molecular weight is 255 g/mol. The average Bonchev–Trinajstić information content (AvgIpc) is 2.74. The van der Waals surface area contributed by atoms with Crippen molar-refractivity contribution < 1.29 is 24.2 Å². The summed E-state index contributed by atoms with van der Waals surface area (Å²) in [5.74, 6) is -2.17. The second-order valence-corrected chi connectivity index (χ2v) is 3.28. The van der Waals surface area contributed by atoms with E-state index in [1.807, 2.05) is 0 Å². The zero-order chi connectivity index (χ0) is 13.5. The van der Waals surface area contributed by atoms with Gasteiger partial charge in [0, 0.05) is 6.20 Å². The van der Waals surface area contributed by atoms with E-state index in [0.29, 0.717) is 0 Å². The van der Waals surface area contributed by atoms with Crippen LogP contribution >= 0.6 is 0 Å². The lowest BCUT2D eigenvalue weighted by Gasteiger charge is -2.02. The number of hydrogen-bond donors (Lipinski definition) is 2. The molecule has 0 aromatic carbocycles. The third-order valence-corrected chi connectivity index (χ3v) is 1.87. The minimum atomic E-state index is -1.06. The van der Waals surface area contributed by atoms with Crippen LogP contribution in [0.4, 0.5) is 0 Å². The number of aliphatic carboxylic acids is 1. The highest BCUT2D eigenvalue weighted by atomic mass is 16.5. The van der Waals surface area contributed by atoms with Gasteiger partial charge < -0.3 is 15.2 Å². The minimum Gasteiger partial charge on any atom is -0.480 e. The first-order valence-electron chi connectivity index (χ1n) is 5.22. The fourth-order valence-corrected chi connectivity index (χ4v) is 1.16. The molecule has 8 nitrogen and oxygen atoms in total. The van der Waals surface area contributed by atoms with Crippen LogP contribution in [0.3, 0.4) is 0 Å². The maximum Gasteiger partial charge on any atom is 0.325 e. The minimum absolute atomic E-state index is 0.0422. The maximum atomic E-state index is 11.5. The van der Waals surface area contributed by atoms with Crippen LogP contribution in [0.15, 0.2) is 12.3 Å². The molecule has 1 aromatic rings. The van der Waals surface area contributed by atoms with E-state index in [9.17, 15) is 14.4 Å². The van der Waals surface area contributed by atoms with Crippen molar-refractivity contribution in [2.75, 3.05) is 13.2 Å². The standard InChI is InChI=1S/C10H13N3O5/c1-2-18-9(16)5-11-10(17)7-3-4-13(12-7)6-8(14)15/h3-4H,2,5-6H2,1H3,(H,11,17)(H,14,15). The van der Waals surface area contributed by atoms with Gasteiger partial charge in [-0.05, 0) is 13.0 Å². The predicted octanol–water partition coefficient (Wildman–Crippen LogP) is -0.739. The highest BCUT2D eigenvalue weighted by molar-refractivity contribution is 5.94. The number of amides is 1. The van der Waals surface area contributed by atoms with Gasteiger partial charge in [0.1, 0.15) is 18.8 Å². The first-order chi connectivity index (χ1) is 8.52. The molecule has 0 aliphatic rings. The normalized spacial score (nSPS) is 9.83. The van der Waals surface area contributed by atoms with E-state index in [2.05, 4.69) is 15.2 Å². The summed E-state index contributed by atoms with van der Waals surface area (Å²) in [6.45, 7) is 1.32. The van der Waals surface area contributed by atoms with E-state index in [1.54, 1.807) is 6.92 Å². The van der Waals surface area contributed by atoms with Crippen molar-refractivity contribution in [3.8, 4) is 0 Å². The highest BCUT2D eigenvalue weighted by Gasteiger charge is 2.12. The fraction of sp³-hybridized carbons (Fsp3) is 0.400. The zero-order valence-electron chi connectivity index (χ0n) is 9.75. The molecule has 0 aliphatic carbocycles. The molecule has 0 fully saturated rings.